The first kappa shape index (κ1) is 21.6. The van der Waals surface area contributed by atoms with Crippen LogP contribution in [0, 0.1) is 25.2 Å². The van der Waals surface area contributed by atoms with Crippen LogP contribution in [0.4, 0.5) is 0 Å². The summed E-state index contributed by atoms with van der Waals surface area (Å²) in [6, 6.07) is 13.9. The van der Waals surface area contributed by atoms with E-state index >= 15 is 0 Å². The number of hydrogen-bond acceptors (Lipinski definition) is 5. The highest BCUT2D eigenvalue weighted by Crippen LogP contribution is 2.29. The molecule has 1 amide bonds. The maximum Gasteiger partial charge on any atom is 0.246 e. The summed E-state index contributed by atoms with van der Waals surface area (Å²) < 4.78 is 13.2. The van der Waals surface area contributed by atoms with Crippen molar-refractivity contribution in [2.75, 3.05) is 32.9 Å². The molecule has 0 spiro atoms. The zero-order valence-corrected chi connectivity index (χ0v) is 18.4. The van der Waals surface area contributed by atoms with Gasteiger partial charge < -0.3 is 18.9 Å². The number of hydrogen-bond donors (Lipinski definition) is 0. The summed E-state index contributed by atoms with van der Waals surface area (Å²) in [6.45, 7) is 7.05. The first-order valence-electron chi connectivity index (χ1n) is 10.7. The molecule has 1 aliphatic rings. The van der Waals surface area contributed by atoms with Gasteiger partial charge in [0.25, 0.3) is 0 Å². The SMILES string of the molecule is Cc1cc(C)c2c(C#N)c(C=CC(=O)N3CCOCC3)n(CCOc3ccccc3)c2n1. The van der Waals surface area contributed by atoms with E-state index in [9.17, 15) is 10.1 Å². The minimum absolute atomic E-state index is 0.0876. The maximum atomic E-state index is 12.7. The zero-order chi connectivity index (χ0) is 22.5. The van der Waals surface area contributed by atoms with Gasteiger partial charge in [-0.15, -0.1) is 0 Å². The number of carbonyl (C=O) groups is 1. The second kappa shape index (κ2) is 9.67. The lowest BCUT2D eigenvalue weighted by Crippen LogP contribution is -2.39. The molecule has 0 aliphatic carbocycles. The molecule has 0 radical (unpaired) electrons. The average Bonchev–Trinajstić information content (AvgIpc) is 3.11. The molecule has 1 aromatic carbocycles. The number of benzene rings is 1. The number of fused-ring (bicyclic) bond motifs is 1. The van der Waals surface area contributed by atoms with Crippen LogP contribution in [-0.4, -0.2) is 53.3 Å². The smallest absolute Gasteiger partial charge is 0.246 e. The lowest BCUT2D eigenvalue weighted by molar-refractivity contribution is -0.129. The van der Waals surface area contributed by atoms with E-state index in [1.54, 1.807) is 11.0 Å². The largest absolute Gasteiger partial charge is 0.492 e. The molecule has 0 unspecified atom stereocenters. The molecule has 2 aromatic heterocycles. The molecule has 0 N–H and O–H groups in total. The highest BCUT2D eigenvalue weighted by molar-refractivity contribution is 5.95. The Bertz CT molecular complexity index is 1190. The Kier molecular flexibility index (Phi) is 6.52. The van der Waals surface area contributed by atoms with Crippen LogP contribution >= 0.6 is 0 Å². The van der Waals surface area contributed by atoms with E-state index in [1.165, 1.54) is 6.08 Å². The number of para-hydroxylation sites is 1. The van der Waals surface area contributed by atoms with Crippen LogP contribution in [0.3, 0.4) is 0 Å². The van der Waals surface area contributed by atoms with Crippen molar-refractivity contribution >= 4 is 23.0 Å². The van der Waals surface area contributed by atoms with Crippen LogP contribution in [-0.2, 0) is 16.1 Å². The fourth-order valence-electron chi connectivity index (χ4n) is 4.02. The van der Waals surface area contributed by atoms with E-state index in [0.29, 0.717) is 50.7 Å². The van der Waals surface area contributed by atoms with E-state index in [-0.39, 0.29) is 5.91 Å². The second-order valence-electron chi connectivity index (χ2n) is 7.74. The summed E-state index contributed by atoms with van der Waals surface area (Å²) in [5.41, 5.74) is 3.79. The lowest BCUT2D eigenvalue weighted by atomic mass is 10.1. The first-order valence-corrected chi connectivity index (χ1v) is 10.7. The summed E-state index contributed by atoms with van der Waals surface area (Å²) in [5.74, 6) is 0.694. The molecule has 32 heavy (non-hydrogen) atoms. The fourth-order valence-corrected chi connectivity index (χ4v) is 4.02. The number of rotatable bonds is 6. The molecule has 0 saturated carbocycles. The van der Waals surface area contributed by atoms with E-state index < -0.39 is 0 Å². The predicted molar refractivity (Wildman–Crippen MR) is 122 cm³/mol. The van der Waals surface area contributed by atoms with Gasteiger partial charge in [0.05, 0.1) is 31.0 Å². The molecule has 164 valence electrons. The molecule has 4 rings (SSSR count). The van der Waals surface area contributed by atoms with E-state index in [4.69, 9.17) is 14.5 Å². The van der Waals surface area contributed by atoms with Gasteiger partial charge in [0.1, 0.15) is 24.1 Å². The number of aryl methyl sites for hydroxylation is 2. The van der Waals surface area contributed by atoms with Crippen molar-refractivity contribution in [1.82, 2.24) is 14.5 Å². The third-order valence-corrected chi connectivity index (χ3v) is 5.52. The Morgan fingerprint density at radius 3 is 2.72 bits per heavy atom. The number of nitriles is 1. The van der Waals surface area contributed by atoms with Crippen molar-refractivity contribution in [2.24, 2.45) is 0 Å². The molecular weight excluding hydrogens is 404 g/mol. The van der Waals surface area contributed by atoms with Crippen LogP contribution in [0.15, 0.2) is 42.5 Å². The van der Waals surface area contributed by atoms with Gasteiger partial charge in [-0.25, -0.2) is 4.98 Å². The van der Waals surface area contributed by atoms with Crippen molar-refractivity contribution in [1.29, 1.82) is 5.26 Å². The maximum absolute atomic E-state index is 12.7. The predicted octanol–water partition coefficient (Wildman–Crippen LogP) is 3.48. The normalized spacial score (nSPS) is 14.1. The Morgan fingerprint density at radius 1 is 1.25 bits per heavy atom. The van der Waals surface area contributed by atoms with Crippen LogP contribution < -0.4 is 4.74 Å². The van der Waals surface area contributed by atoms with Gasteiger partial charge in [-0.1, -0.05) is 18.2 Å². The summed E-state index contributed by atoms with van der Waals surface area (Å²) in [4.78, 5) is 19.1. The van der Waals surface area contributed by atoms with Gasteiger partial charge in [0, 0.05) is 30.2 Å². The minimum Gasteiger partial charge on any atom is -0.492 e. The summed E-state index contributed by atoms with van der Waals surface area (Å²) in [6.07, 6.45) is 3.27. The summed E-state index contributed by atoms with van der Waals surface area (Å²) >= 11 is 0. The number of nitrogens with zero attached hydrogens (tertiary/aromatic N) is 4. The van der Waals surface area contributed by atoms with Crippen molar-refractivity contribution in [3.63, 3.8) is 0 Å². The van der Waals surface area contributed by atoms with Gasteiger partial charge >= 0.3 is 0 Å². The Hall–Kier alpha value is -3.63. The van der Waals surface area contributed by atoms with E-state index in [0.717, 1.165) is 28.0 Å². The highest BCUT2D eigenvalue weighted by atomic mass is 16.5. The van der Waals surface area contributed by atoms with E-state index in [2.05, 4.69) is 6.07 Å². The molecule has 1 fully saturated rings. The molecule has 1 aliphatic heterocycles. The minimum atomic E-state index is -0.0876. The molecule has 1 saturated heterocycles. The quantitative estimate of drug-likeness (QED) is 0.560. The van der Waals surface area contributed by atoms with Crippen molar-refractivity contribution in [3.05, 3.63) is 65.0 Å². The Labute approximate surface area is 187 Å². The number of pyridine rings is 1. The third kappa shape index (κ3) is 4.51. The summed E-state index contributed by atoms with van der Waals surface area (Å²) in [5, 5.41) is 10.8. The van der Waals surface area contributed by atoms with Crippen LogP contribution in [0.1, 0.15) is 22.5 Å². The van der Waals surface area contributed by atoms with Crippen molar-refractivity contribution in [2.45, 2.75) is 20.4 Å². The fraction of sp³-hybridized carbons (Fsp3) is 0.320. The number of aromatic nitrogens is 2. The van der Waals surface area contributed by atoms with Gasteiger partial charge in [-0.3, -0.25) is 4.79 Å². The molecule has 0 bridgehead atoms. The Balaban J connectivity index is 1.69. The van der Waals surface area contributed by atoms with Gasteiger partial charge in [-0.05, 0) is 43.7 Å². The lowest BCUT2D eigenvalue weighted by Gasteiger charge is -2.25. The first-order chi connectivity index (χ1) is 15.6. The number of carbonyl (C=O) groups excluding carboxylic acids is 1. The number of amides is 1. The molecule has 7 nitrogen and oxygen atoms in total. The topological polar surface area (TPSA) is 80.4 Å². The molecule has 3 aromatic rings. The molecule has 3 heterocycles. The van der Waals surface area contributed by atoms with Crippen molar-refractivity contribution in [3.8, 4) is 11.8 Å². The molecular formula is C25H26N4O3. The molecule has 7 heteroatoms. The summed E-state index contributed by atoms with van der Waals surface area (Å²) in [7, 11) is 0. The second-order valence-corrected chi connectivity index (χ2v) is 7.74. The zero-order valence-electron chi connectivity index (χ0n) is 18.4. The number of morpholine rings is 1. The average molecular weight is 431 g/mol. The van der Waals surface area contributed by atoms with E-state index in [1.807, 2.05) is 54.8 Å². The van der Waals surface area contributed by atoms with Crippen molar-refractivity contribution < 1.29 is 14.3 Å². The third-order valence-electron chi connectivity index (χ3n) is 5.52. The monoisotopic (exact) mass is 430 g/mol. The highest BCUT2D eigenvalue weighted by Gasteiger charge is 2.20. The Morgan fingerprint density at radius 2 is 2.00 bits per heavy atom. The molecule has 0 atom stereocenters. The van der Waals surface area contributed by atoms with Crippen LogP contribution in [0.2, 0.25) is 0 Å². The van der Waals surface area contributed by atoms with Crippen LogP contribution in [0.5, 0.6) is 5.75 Å². The van der Waals surface area contributed by atoms with Gasteiger partial charge in [0.2, 0.25) is 5.91 Å². The van der Waals surface area contributed by atoms with Crippen LogP contribution in [0.25, 0.3) is 17.1 Å². The standard InChI is InChI=1S/C25H26N4O3/c1-18-16-19(2)27-25-24(18)21(17-26)22(8-9-23(30)28-10-13-31-14-11-28)29(25)12-15-32-20-6-4-3-5-7-20/h3-9,16H,10-15H2,1-2H3. The number of ether oxygens (including phenoxy) is 2. The van der Waals surface area contributed by atoms with Gasteiger partial charge in [-0.2, -0.15) is 5.26 Å². The van der Waals surface area contributed by atoms with Gasteiger partial charge in [0.15, 0.2) is 0 Å².